The molecule has 0 radical (unpaired) electrons. The minimum absolute atomic E-state index is 0.0238. The molecule has 1 heterocycles. The fourth-order valence-electron chi connectivity index (χ4n) is 3.24. The standard InChI is InChI=1S/C24H21NO6/c26-20(19-7-6-17-3-1-2-4-18(17)12-19)8-10-24(28)29-14-23(27)25-13-16-5-9-21-22(11-16)31-15-30-21/h1-7,9,11-12H,8,10,13-15H2,(H,25,27). The first-order valence-corrected chi connectivity index (χ1v) is 9.91. The van der Waals surface area contributed by atoms with Crippen molar-refractivity contribution >= 4 is 28.4 Å². The normalized spacial score (nSPS) is 11.9. The number of fused-ring (bicyclic) bond motifs is 2. The summed E-state index contributed by atoms with van der Waals surface area (Å²) >= 11 is 0. The molecular weight excluding hydrogens is 398 g/mol. The van der Waals surface area contributed by atoms with Gasteiger partial charge < -0.3 is 19.5 Å². The molecule has 31 heavy (non-hydrogen) atoms. The molecular formula is C24H21NO6. The maximum Gasteiger partial charge on any atom is 0.306 e. The molecule has 0 bridgehead atoms. The molecule has 4 rings (SSSR count). The molecule has 0 spiro atoms. The van der Waals surface area contributed by atoms with Gasteiger partial charge in [0.05, 0.1) is 6.42 Å². The lowest BCUT2D eigenvalue weighted by Gasteiger charge is -2.07. The average Bonchev–Trinajstić information content (AvgIpc) is 3.27. The van der Waals surface area contributed by atoms with Crippen LogP contribution in [0.2, 0.25) is 0 Å². The van der Waals surface area contributed by atoms with Crippen LogP contribution in [0.5, 0.6) is 11.5 Å². The van der Waals surface area contributed by atoms with E-state index in [4.69, 9.17) is 14.2 Å². The Morgan fingerprint density at radius 3 is 2.55 bits per heavy atom. The third kappa shape index (κ3) is 5.19. The van der Waals surface area contributed by atoms with Gasteiger partial charge in [0.1, 0.15) is 0 Å². The number of esters is 1. The smallest absolute Gasteiger partial charge is 0.306 e. The number of rotatable bonds is 8. The first-order valence-electron chi connectivity index (χ1n) is 9.91. The minimum Gasteiger partial charge on any atom is -0.456 e. The Morgan fingerprint density at radius 2 is 1.68 bits per heavy atom. The zero-order valence-electron chi connectivity index (χ0n) is 16.8. The van der Waals surface area contributed by atoms with Gasteiger partial charge in [-0.1, -0.05) is 42.5 Å². The molecule has 0 aromatic heterocycles. The fraction of sp³-hybridized carbons (Fsp3) is 0.208. The van der Waals surface area contributed by atoms with E-state index in [1.807, 2.05) is 42.5 Å². The Morgan fingerprint density at radius 1 is 0.871 bits per heavy atom. The van der Waals surface area contributed by atoms with E-state index in [1.54, 1.807) is 18.2 Å². The van der Waals surface area contributed by atoms with Gasteiger partial charge in [-0.2, -0.15) is 0 Å². The van der Waals surface area contributed by atoms with Crippen molar-refractivity contribution in [2.24, 2.45) is 0 Å². The van der Waals surface area contributed by atoms with Crippen LogP contribution in [0.15, 0.2) is 60.7 Å². The first kappa shape index (κ1) is 20.4. The zero-order valence-corrected chi connectivity index (χ0v) is 16.8. The number of amides is 1. The molecule has 0 saturated heterocycles. The van der Waals surface area contributed by atoms with Crippen LogP contribution in [0, 0.1) is 0 Å². The third-order valence-electron chi connectivity index (χ3n) is 4.92. The van der Waals surface area contributed by atoms with E-state index in [9.17, 15) is 14.4 Å². The summed E-state index contributed by atoms with van der Waals surface area (Å²) in [5.74, 6) is 0.144. The second kappa shape index (κ2) is 9.30. The van der Waals surface area contributed by atoms with Crippen molar-refractivity contribution in [2.45, 2.75) is 19.4 Å². The van der Waals surface area contributed by atoms with Crippen LogP contribution in [0.25, 0.3) is 10.8 Å². The molecule has 1 N–H and O–H groups in total. The van der Waals surface area contributed by atoms with Crippen molar-refractivity contribution in [1.82, 2.24) is 5.32 Å². The summed E-state index contributed by atoms with van der Waals surface area (Å²) in [7, 11) is 0. The number of nitrogens with one attached hydrogen (secondary N) is 1. The van der Waals surface area contributed by atoms with Crippen molar-refractivity contribution in [3.8, 4) is 11.5 Å². The van der Waals surface area contributed by atoms with Gasteiger partial charge in [-0.15, -0.1) is 0 Å². The highest BCUT2D eigenvalue weighted by molar-refractivity contribution is 6.01. The van der Waals surface area contributed by atoms with E-state index < -0.39 is 18.5 Å². The van der Waals surface area contributed by atoms with E-state index in [0.29, 0.717) is 17.1 Å². The number of Topliss-reactive ketones (excluding diaryl/α,β-unsaturated/α-hetero) is 1. The van der Waals surface area contributed by atoms with Gasteiger partial charge in [-0.25, -0.2) is 0 Å². The van der Waals surface area contributed by atoms with Crippen molar-refractivity contribution in [3.63, 3.8) is 0 Å². The summed E-state index contributed by atoms with van der Waals surface area (Å²) in [6.45, 7) is 0.0610. The number of ether oxygens (including phenoxy) is 3. The highest BCUT2D eigenvalue weighted by Crippen LogP contribution is 2.32. The summed E-state index contributed by atoms with van der Waals surface area (Å²) in [6, 6.07) is 18.6. The van der Waals surface area contributed by atoms with E-state index in [0.717, 1.165) is 16.3 Å². The predicted molar refractivity (Wildman–Crippen MR) is 113 cm³/mol. The number of carbonyl (C=O) groups is 3. The lowest BCUT2D eigenvalue weighted by molar-refractivity contribution is -0.148. The van der Waals surface area contributed by atoms with Crippen LogP contribution < -0.4 is 14.8 Å². The van der Waals surface area contributed by atoms with Gasteiger partial charge in [0.15, 0.2) is 23.9 Å². The van der Waals surface area contributed by atoms with Gasteiger partial charge in [0.2, 0.25) is 6.79 Å². The van der Waals surface area contributed by atoms with Crippen molar-refractivity contribution in [3.05, 3.63) is 71.8 Å². The molecule has 1 amide bonds. The first-order chi connectivity index (χ1) is 15.1. The molecule has 7 nitrogen and oxygen atoms in total. The molecule has 0 fully saturated rings. The Bertz CT molecular complexity index is 1140. The number of benzene rings is 3. The lowest BCUT2D eigenvalue weighted by atomic mass is 10.0. The lowest BCUT2D eigenvalue weighted by Crippen LogP contribution is -2.28. The molecule has 1 aliphatic heterocycles. The second-order valence-electron chi connectivity index (χ2n) is 7.11. The number of ketones is 1. The fourth-order valence-corrected chi connectivity index (χ4v) is 3.24. The highest BCUT2D eigenvalue weighted by atomic mass is 16.7. The van der Waals surface area contributed by atoms with E-state index >= 15 is 0 Å². The summed E-state index contributed by atoms with van der Waals surface area (Å²) in [4.78, 5) is 36.2. The third-order valence-corrected chi connectivity index (χ3v) is 4.92. The second-order valence-corrected chi connectivity index (χ2v) is 7.11. The summed E-state index contributed by atoms with van der Waals surface area (Å²) in [6.07, 6.45) is -0.0584. The van der Waals surface area contributed by atoms with E-state index in [2.05, 4.69) is 5.32 Å². The highest BCUT2D eigenvalue weighted by Gasteiger charge is 2.15. The number of hydrogen-bond donors (Lipinski definition) is 1. The van der Waals surface area contributed by atoms with Crippen LogP contribution in [0.1, 0.15) is 28.8 Å². The molecule has 158 valence electrons. The van der Waals surface area contributed by atoms with Crippen LogP contribution in [-0.4, -0.2) is 31.1 Å². The van der Waals surface area contributed by atoms with Crippen molar-refractivity contribution < 1.29 is 28.6 Å². The molecule has 7 heteroatoms. The molecule has 3 aromatic rings. The topological polar surface area (TPSA) is 90.9 Å². The minimum atomic E-state index is -0.590. The van der Waals surface area contributed by atoms with E-state index in [1.165, 1.54) is 0 Å². The SMILES string of the molecule is O=C(COC(=O)CCC(=O)c1ccc2ccccc2c1)NCc1ccc2c(c1)OCO2. The molecule has 0 unspecified atom stereocenters. The average molecular weight is 419 g/mol. The van der Waals surface area contributed by atoms with E-state index in [-0.39, 0.29) is 32.0 Å². The monoisotopic (exact) mass is 419 g/mol. The van der Waals surface area contributed by atoms with Gasteiger partial charge in [0.25, 0.3) is 5.91 Å². The summed E-state index contributed by atoms with van der Waals surface area (Å²) < 4.78 is 15.5. The Hall–Kier alpha value is -3.87. The van der Waals surface area contributed by atoms with Gasteiger partial charge in [0, 0.05) is 18.5 Å². The molecule has 1 aliphatic rings. The van der Waals surface area contributed by atoms with Crippen molar-refractivity contribution in [1.29, 1.82) is 0 Å². The maximum absolute atomic E-state index is 12.4. The van der Waals surface area contributed by atoms with Gasteiger partial charge in [-0.05, 0) is 34.5 Å². The Kier molecular flexibility index (Phi) is 6.12. The number of hydrogen-bond acceptors (Lipinski definition) is 6. The van der Waals surface area contributed by atoms with Gasteiger partial charge >= 0.3 is 5.97 Å². The van der Waals surface area contributed by atoms with Crippen LogP contribution >= 0.6 is 0 Å². The zero-order chi connectivity index (χ0) is 21.6. The van der Waals surface area contributed by atoms with Gasteiger partial charge in [-0.3, -0.25) is 14.4 Å². The molecule has 3 aromatic carbocycles. The van der Waals surface area contributed by atoms with Crippen molar-refractivity contribution in [2.75, 3.05) is 13.4 Å². The quantitative estimate of drug-likeness (QED) is 0.445. The Labute approximate surface area is 178 Å². The molecule has 0 aliphatic carbocycles. The summed E-state index contributed by atoms with van der Waals surface area (Å²) in [5.41, 5.74) is 1.39. The predicted octanol–water partition coefficient (Wildman–Crippen LogP) is 3.39. The van der Waals surface area contributed by atoms with Crippen LogP contribution in [-0.2, 0) is 20.9 Å². The van der Waals surface area contributed by atoms with Crippen LogP contribution in [0.4, 0.5) is 0 Å². The molecule has 0 saturated carbocycles. The summed E-state index contributed by atoms with van der Waals surface area (Å²) in [5, 5.41) is 4.69. The number of carbonyl (C=O) groups excluding carboxylic acids is 3. The molecule has 0 atom stereocenters. The van der Waals surface area contributed by atoms with Crippen LogP contribution in [0.3, 0.4) is 0 Å². The Balaban J connectivity index is 1.19. The largest absolute Gasteiger partial charge is 0.456 e. The maximum atomic E-state index is 12.4.